The Morgan fingerprint density at radius 2 is 1.67 bits per heavy atom. The van der Waals surface area contributed by atoms with Crippen molar-refractivity contribution in [3.05, 3.63) is 60.2 Å². The topological polar surface area (TPSA) is 54.5 Å². The van der Waals surface area contributed by atoms with E-state index in [2.05, 4.69) is 20.9 Å². The first-order valence-electron chi connectivity index (χ1n) is 8.29. The van der Waals surface area contributed by atoms with Crippen LogP contribution in [0.4, 0.5) is 14.5 Å². The number of hydrogen-bond acceptors (Lipinski definition) is 4. The molecule has 0 spiro atoms. The van der Waals surface area contributed by atoms with Crippen molar-refractivity contribution >= 4 is 28.7 Å². The Morgan fingerprint density at radius 3 is 2.22 bits per heavy atom. The van der Waals surface area contributed by atoms with E-state index in [1.54, 1.807) is 12.1 Å². The van der Waals surface area contributed by atoms with Crippen molar-refractivity contribution in [3.63, 3.8) is 0 Å². The number of rotatable bonds is 8. The number of hydrogen-bond donors (Lipinski definition) is 3. The van der Waals surface area contributed by atoms with Gasteiger partial charge in [0.2, 0.25) is 0 Å². The Kier molecular flexibility index (Phi) is 7.81. The minimum Gasteiger partial charge on any atom is -0.494 e. The Bertz CT molecular complexity index is 766. The van der Waals surface area contributed by atoms with Crippen molar-refractivity contribution in [3.8, 4) is 11.5 Å². The van der Waals surface area contributed by atoms with Crippen molar-refractivity contribution in [2.75, 3.05) is 11.9 Å². The molecule has 0 saturated carbocycles. The van der Waals surface area contributed by atoms with Gasteiger partial charge < -0.3 is 14.8 Å². The molecular weight excluding hydrogens is 372 g/mol. The van der Waals surface area contributed by atoms with Crippen molar-refractivity contribution in [2.45, 2.75) is 20.5 Å². The van der Waals surface area contributed by atoms with Crippen LogP contribution in [0.15, 0.2) is 54.6 Å². The van der Waals surface area contributed by atoms with E-state index < -0.39 is 6.61 Å². The molecule has 3 N–H and O–H groups in total. The van der Waals surface area contributed by atoms with E-state index in [0.29, 0.717) is 11.7 Å². The zero-order valence-electron chi connectivity index (χ0n) is 15.0. The largest absolute Gasteiger partial charge is 0.494 e. The number of hydrazine groups is 1. The monoisotopic (exact) mass is 393 g/mol. The van der Waals surface area contributed by atoms with E-state index in [4.69, 9.17) is 17.0 Å². The highest BCUT2D eigenvalue weighted by Crippen LogP contribution is 2.19. The van der Waals surface area contributed by atoms with E-state index >= 15 is 0 Å². The Labute approximate surface area is 162 Å². The molecule has 5 nitrogen and oxygen atoms in total. The minimum absolute atomic E-state index is 0.102. The van der Waals surface area contributed by atoms with Crippen LogP contribution in [0.25, 0.3) is 5.70 Å². The number of anilines is 1. The van der Waals surface area contributed by atoms with Crippen LogP contribution in [-0.4, -0.2) is 18.3 Å². The minimum atomic E-state index is -2.84. The molecule has 0 aliphatic rings. The standard InChI is InChI=1S/C19H21F2N3O2S/c1-3-17(13-5-9-16(10-6-13)26-18(20)21)23-24-19(27)22-14-7-11-15(12-8-14)25-4-2/h3,5-12,18,23H,4H2,1-2H3,(H2,22,24,27)/b17-3+. The lowest BCUT2D eigenvalue weighted by Gasteiger charge is -2.16. The fourth-order valence-corrected chi connectivity index (χ4v) is 2.38. The summed E-state index contributed by atoms with van der Waals surface area (Å²) < 4.78 is 34.2. The zero-order valence-corrected chi connectivity index (χ0v) is 15.8. The van der Waals surface area contributed by atoms with Crippen molar-refractivity contribution in [1.29, 1.82) is 0 Å². The van der Waals surface area contributed by atoms with E-state index in [9.17, 15) is 8.78 Å². The first-order valence-corrected chi connectivity index (χ1v) is 8.70. The summed E-state index contributed by atoms with van der Waals surface area (Å²) in [6.45, 7) is 1.53. The van der Waals surface area contributed by atoms with Crippen LogP contribution in [0, 0.1) is 0 Å². The lowest BCUT2D eigenvalue weighted by Crippen LogP contribution is -2.39. The molecule has 2 aromatic rings. The van der Waals surface area contributed by atoms with Crippen LogP contribution in [0.3, 0.4) is 0 Å². The summed E-state index contributed by atoms with van der Waals surface area (Å²) in [6, 6.07) is 13.7. The predicted molar refractivity (Wildman–Crippen MR) is 107 cm³/mol. The van der Waals surface area contributed by atoms with Gasteiger partial charge in [-0.3, -0.25) is 10.9 Å². The van der Waals surface area contributed by atoms with E-state index in [-0.39, 0.29) is 5.75 Å². The fraction of sp³-hybridized carbons (Fsp3) is 0.211. The van der Waals surface area contributed by atoms with Gasteiger partial charge in [-0.25, -0.2) is 0 Å². The van der Waals surface area contributed by atoms with Crippen molar-refractivity contribution < 1.29 is 18.3 Å². The van der Waals surface area contributed by atoms with Gasteiger partial charge in [-0.05, 0) is 80.2 Å². The highest BCUT2D eigenvalue weighted by molar-refractivity contribution is 7.80. The second-order valence-electron chi connectivity index (χ2n) is 5.27. The molecule has 27 heavy (non-hydrogen) atoms. The van der Waals surface area contributed by atoms with E-state index in [1.807, 2.05) is 44.2 Å². The first-order chi connectivity index (χ1) is 13.0. The van der Waals surface area contributed by atoms with E-state index in [1.165, 1.54) is 12.1 Å². The van der Waals surface area contributed by atoms with Gasteiger partial charge in [0, 0.05) is 5.69 Å². The maximum atomic E-state index is 12.2. The number of thiocarbonyl (C=S) groups is 1. The summed E-state index contributed by atoms with van der Waals surface area (Å²) in [5, 5.41) is 3.42. The molecule has 0 atom stereocenters. The lowest BCUT2D eigenvalue weighted by molar-refractivity contribution is -0.0498. The van der Waals surface area contributed by atoms with Gasteiger partial charge in [0.1, 0.15) is 11.5 Å². The van der Waals surface area contributed by atoms with Crippen molar-refractivity contribution in [1.82, 2.24) is 10.9 Å². The third-order valence-electron chi connectivity index (χ3n) is 3.41. The predicted octanol–water partition coefficient (Wildman–Crippen LogP) is 4.54. The van der Waals surface area contributed by atoms with Crippen LogP contribution in [-0.2, 0) is 0 Å². The van der Waals surface area contributed by atoms with Crippen LogP contribution >= 0.6 is 12.2 Å². The molecule has 0 unspecified atom stereocenters. The second-order valence-corrected chi connectivity index (χ2v) is 5.67. The summed E-state index contributed by atoms with van der Waals surface area (Å²) >= 11 is 5.26. The summed E-state index contributed by atoms with van der Waals surface area (Å²) in [7, 11) is 0. The molecule has 2 aromatic carbocycles. The SMILES string of the molecule is C/C=C(/NNC(=S)Nc1ccc(OCC)cc1)c1ccc(OC(F)F)cc1. The molecule has 0 amide bonds. The van der Waals surface area contributed by atoms with Crippen LogP contribution in [0.5, 0.6) is 11.5 Å². The molecule has 144 valence electrons. The number of halogens is 2. The number of ether oxygens (including phenoxy) is 2. The molecule has 0 bridgehead atoms. The highest BCUT2D eigenvalue weighted by atomic mass is 32.1. The highest BCUT2D eigenvalue weighted by Gasteiger charge is 2.06. The van der Waals surface area contributed by atoms with Crippen LogP contribution < -0.4 is 25.6 Å². The molecule has 0 aliphatic heterocycles. The average Bonchev–Trinajstić information content (AvgIpc) is 2.65. The molecule has 0 saturated heterocycles. The van der Waals surface area contributed by atoms with Gasteiger partial charge in [-0.15, -0.1) is 0 Å². The molecule has 0 radical (unpaired) electrons. The fourth-order valence-electron chi connectivity index (χ4n) is 2.21. The third-order valence-corrected chi connectivity index (χ3v) is 3.62. The van der Waals surface area contributed by atoms with Gasteiger partial charge in [0.05, 0.1) is 12.3 Å². The molecule has 0 fully saturated rings. The molecular formula is C19H21F2N3O2S. The van der Waals surface area contributed by atoms with Crippen LogP contribution in [0.1, 0.15) is 19.4 Å². The Morgan fingerprint density at radius 1 is 1.04 bits per heavy atom. The second kappa shape index (κ2) is 10.3. The molecule has 0 heterocycles. The lowest BCUT2D eigenvalue weighted by atomic mass is 10.1. The van der Waals surface area contributed by atoms with Gasteiger partial charge in [-0.2, -0.15) is 8.78 Å². The summed E-state index contributed by atoms with van der Waals surface area (Å²) in [5.41, 5.74) is 8.21. The van der Waals surface area contributed by atoms with Crippen molar-refractivity contribution in [2.24, 2.45) is 0 Å². The summed E-state index contributed by atoms with van der Waals surface area (Å²) in [6.07, 6.45) is 1.83. The molecule has 2 rings (SSSR count). The number of benzene rings is 2. The quantitative estimate of drug-likeness (QED) is 0.452. The maximum absolute atomic E-state index is 12.2. The number of alkyl halides is 2. The third kappa shape index (κ3) is 6.74. The first kappa shape index (κ1) is 20.4. The normalized spacial score (nSPS) is 11.1. The van der Waals surface area contributed by atoms with Gasteiger partial charge in [0.15, 0.2) is 5.11 Å². The summed E-state index contributed by atoms with van der Waals surface area (Å²) in [5.74, 6) is 0.889. The zero-order chi connectivity index (χ0) is 19.6. The molecule has 0 aromatic heterocycles. The average molecular weight is 393 g/mol. The van der Waals surface area contributed by atoms with E-state index in [0.717, 1.165) is 22.7 Å². The van der Waals surface area contributed by atoms with Gasteiger partial charge >= 0.3 is 6.61 Å². The van der Waals surface area contributed by atoms with Crippen LogP contribution in [0.2, 0.25) is 0 Å². The molecule has 0 aliphatic carbocycles. The Balaban J connectivity index is 1.88. The maximum Gasteiger partial charge on any atom is 0.387 e. The number of nitrogens with one attached hydrogen (secondary N) is 3. The number of allylic oxidation sites excluding steroid dienone is 1. The summed E-state index contributed by atoms with van der Waals surface area (Å²) in [4.78, 5) is 0. The Hall–Kier alpha value is -2.87. The van der Waals surface area contributed by atoms with Gasteiger partial charge in [-0.1, -0.05) is 6.08 Å². The molecule has 8 heteroatoms. The smallest absolute Gasteiger partial charge is 0.387 e. The van der Waals surface area contributed by atoms with Gasteiger partial charge in [0.25, 0.3) is 0 Å².